The maximum absolute atomic E-state index is 12.8. The van der Waals surface area contributed by atoms with Crippen LogP contribution < -0.4 is 0 Å². The van der Waals surface area contributed by atoms with Gasteiger partial charge in [-0.05, 0) is 79.3 Å². The van der Waals surface area contributed by atoms with Crippen LogP contribution in [0, 0.1) is 12.8 Å². The number of piperidine rings is 1. The topological polar surface area (TPSA) is 66.3 Å². The Bertz CT molecular complexity index is 1350. The Labute approximate surface area is 207 Å². The second-order valence-corrected chi connectivity index (χ2v) is 10.4. The van der Waals surface area contributed by atoms with Crippen LogP contribution in [-0.2, 0) is 4.79 Å². The predicted molar refractivity (Wildman–Crippen MR) is 142 cm³/mol. The smallest absolute Gasteiger partial charge is 0.225 e. The number of benzene rings is 1. The van der Waals surface area contributed by atoms with Crippen molar-refractivity contribution in [1.82, 2.24) is 24.5 Å². The molecule has 0 spiro atoms. The van der Waals surface area contributed by atoms with Crippen molar-refractivity contribution in [2.75, 3.05) is 13.1 Å². The van der Waals surface area contributed by atoms with Crippen LogP contribution in [0.3, 0.4) is 0 Å². The molecule has 0 bridgehead atoms. The monoisotopic (exact) mass is 471 g/mol. The Kier molecular flexibility index (Phi) is 6.39. The van der Waals surface area contributed by atoms with Gasteiger partial charge in [0.25, 0.3) is 0 Å². The molecule has 0 unspecified atom stereocenters. The van der Waals surface area contributed by atoms with Crippen LogP contribution in [0.4, 0.5) is 0 Å². The van der Waals surface area contributed by atoms with E-state index in [-0.39, 0.29) is 5.92 Å². The van der Waals surface area contributed by atoms with Crippen molar-refractivity contribution in [3.63, 3.8) is 0 Å². The molecule has 6 nitrogen and oxygen atoms in total. The molecule has 0 saturated carbocycles. The number of rotatable bonds is 6. The molecule has 5 rings (SSSR count). The highest BCUT2D eigenvalue weighted by molar-refractivity contribution is 5.92. The fraction of sp³-hybridized carbons (Fsp3) is 0.483. The number of hydrogen-bond acceptors (Lipinski definition) is 3. The zero-order valence-electron chi connectivity index (χ0n) is 21.6. The molecule has 1 N–H and O–H groups in total. The third kappa shape index (κ3) is 4.24. The van der Waals surface area contributed by atoms with Gasteiger partial charge in [-0.25, -0.2) is 9.50 Å². The minimum Gasteiger partial charge on any atom is -0.354 e. The van der Waals surface area contributed by atoms with Crippen molar-refractivity contribution in [1.29, 1.82) is 0 Å². The third-order valence-corrected chi connectivity index (χ3v) is 7.90. The predicted octanol–water partition coefficient (Wildman–Crippen LogP) is 6.45. The summed E-state index contributed by atoms with van der Waals surface area (Å²) < 4.78 is 1.86. The molecule has 1 aromatic carbocycles. The van der Waals surface area contributed by atoms with Crippen molar-refractivity contribution in [3.05, 3.63) is 53.5 Å². The molecule has 3 aromatic heterocycles. The van der Waals surface area contributed by atoms with Gasteiger partial charge in [0, 0.05) is 41.7 Å². The lowest BCUT2D eigenvalue weighted by Crippen LogP contribution is -2.41. The Balaban J connectivity index is 1.45. The van der Waals surface area contributed by atoms with Gasteiger partial charge in [0.05, 0.1) is 5.69 Å². The molecular formula is C29H37N5O. The van der Waals surface area contributed by atoms with Gasteiger partial charge in [0.15, 0.2) is 5.65 Å². The standard InChI is InChI=1S/C29H37N5O/c1-6-20(7-2)29(35)33-12-10-21(11-13-33)22-8-9-25-24(15-22)26(18(3)4)27(32-25)23-14-19(5)28-30-17-31-34(28)16-23/h8-9,14-18,20-21,32H,6-7,10-13H2,1-5H3. The maximum Gasteiger partial charge on any atom is 0.225 e. The number of carbonyl (C=O) groups excluding carboxylic acids is 1. The average molecular weight is 472 g/mol. The van der Waals surface area contributed by atoms with Gasteiger partial charge in [0.2, 0.25) is 5.91 Å². The Hall–Kier alpha value is -3.15. The van der Waals surface area contributed by atoms with Gasteiger partial charge >= 0.3 is 0 Å². The van der Waals surface area contributed by atoms with E-state index in [1.165, 1.54) is 27.7 Å². The Morgan fingerprint density at radius 3 is 2.57 bits per heavy atom. The highest BCUT2D eigenvalue weighted by Gasteiger charge is 2.28. The minimum absolute atomic E-state index is 0.176. The highest BCUT2D eigenvalue weighted by Crippen LogP contribution is 2.38. The van der Waals surface area contributed by atoms with Crippen LogP contribution in [0.25, 0.3) is 27.8 Å². The molecule has 35 heavy (non-hydrogen) atoms. The Morgan fingerprint density at radius 2 is 1.89 bits per heavy atom. The van der Waals surface area contributed by atoms with Crippen molar-refractivity contribution in [3.8, 4) is 11.3 Å². The van der Waals surface area contributed by atoms with Crippen LogP contribution in [-0.4, -0.2) is 43.5 Å². The number of nitrogens with zero attached hydrogens (tertiary/aromatic N) is 4. The number of aromatic amines is 1. The number of pyridine rings is 1. The lowest BCUT2D eigenvalue weighted by molar-refractivity contribution is -0.136. The lowest BCUT2D eigenvalue weighted by Gasteiger charge is -2.34. The normalized spacial score (nSPS) is 15.2. The van der Waals surface area contributed by atoms with Gasteiger partial charge in [0.1, 0.15) is 6.33 Å². The second kappa shape index (κ2) is 9.48. The summed E-state index contributed by atoms with van der Waals surface area (Å²) in [5.41, 5.74) is 8.22. The van der Waals surface area contributed by atoms with Gasteiger partial charge in [-0.1, -0.05) is 33.8 Å². The summed E-state index contributed by atoms with van der Waals surface area (Å²) in [4.78, 5) is 23.0. The summed E-state index contributed by atoms with van der Waals surface area (Å²) in [7, 11) is 0. The SMILES string of the molecule is CCC(CC)C(=O)N1CCC(c2ccc3[nH]c(-c4cc(C)c5ncnn5c4)c(C(C)C)c3c2)CC1. The first-order valence-corrected chi connectivity index (χ1v) is 13.2. The van der Waals surface area contributed by atoms with E-state index in [1.807, 2.05) is 4.52 Å². The van der Waals surface area contributed by atoms with Gasteiger partial charge in [-0.3, -0.25) is 4.79 Å². The molecule has 1 amide bonds. The zero-order chi connectivity index (χ0) is 24.7. The largest absolute Gasteiger partial charge is 0.354 e. The number of nitrogens with one attached hydrogen (secondary N) is 1. The van der Waals surface area contributed by atoms with Crippen molar-refractivity contribution in [2.45, 2.75) is 72.1 Å². The molecule has 184 valence electrons. The fourth-order valence-corrected chi connectivity index (χ4v) is 5.87. The summed E-state index contributed by atoms with van der Waals surface area (Å²) in [5, 5.41) is 5.68. The number of carbonyl (C=O) groups is 1. The molecule has 1 aliphatic heterocycles. The minimum atomic E-state index is 0.176. The first-order valence-electron chi connectivity index (χ1n) is 13.2. The van der Waals surface area contributed by atoms with Crippen LogP contribution in [0.15, 0.2) is 36.8 Å². The molecule has 6 heteroatoms. The molecule has 1 saturated heterocycles. The molecule has 0 atom stereocenters. The van der Waals surface area contributed by atoms with E-state index >= 15 is 0 Å². The molecule has 4 aromatic rings. The van der Waals surface area contributed by atoms with E-state index in [0.29, 0.717) is 17.7 Å². The van der Waals surface area contributed by atoms with Crippen LogP contribution in [0.1, 0.15) is 81.9 Å². The van der Waals surface area contributed by atoms with Gasteiger partial charge < -0.3 is 9.88 Å². The zero-order valence-corrected chi connectivity index (χ0v) is 21.6. The molecule has 0 radical (unpaired) electrons. The van der Waals surface area contributed by atoms with Crippen molar-refractivity contribution >= 4 is 22.5 Å². The van der Waals surface area contributed by atoms with E-state index in [1.54, 1.807) is 6.33 Å². The molecule has 4 heterocycles. The molecule has 1 aliphatic rings. The number of aryl methyl sites for hydroxylation is 1. The lowest BCUT2D eigenvalue weighted by atomic mass is 9.87. The van der Waals surface area contributed by atoms with Crippen LogP contribution in [0.5, 0.6) is 0 Å². The number of amides is 1. The fourth-order valence-electron chi connectivity index (χ4n) is 5.87. The second-order valence-electron chi connectivity index (χ2n) is 10.4. The average Bonchev–Trinajstić information content (AvgIpc) is 3.49. The highest BCUT2D eigenvalue weighted by atomic mass is 16.2. The molecular weight excluding hydrogens is 434 g/mol. The van der Waals surface area contributed by atoms with E-state index in [9.17, 15) is 4.79 Å². The number of hydrogen-bond donors (Lipinski definition) is 1. The van der Waals surface area contributed by atoms with E-state index in [2.05, 4.69) is 85.0 Å². The van der Waals surface area contributed by atoms with E-state index in [0.717, 1.165) is 55.5 Å². The number of likely N-dealkylation sites (tertiary alicyclic amines) is 1. The first-order chi connectivity index (χ1) is 16.9. The summed E-state index contributed by atoms with van der Waals surface area (Å²) >= 11 is 0. The summed E-state index contributed by atoms with van der Waals surface area (Å²) in [6, 6.07) is 9.12. The van der Waals surface area contributed by atoms with Gasteiger partial charge in [-0.2, -0.15) is 5.10 Å². The Morgan fingerprint density at radius 1 is 1.14 bits per heavy atom. The maximum atomic E-state index is 12.8. The van der Waals surface area contributed by atoms with E-state index < -0.39 is 0 Å². The quantitative estimate of drug-likeness (QED) is 0.351. The van der Waals surface area contributed by atoms with Gasteiger partial charge in [-0.15, -0.1) is 0 Å². The van der Waals surface area contributed by atoms with Crippen LogP contribution >= 0.6 is 0 Å². The molecule has 0 aliphatic carbocycles. The number of H-pyrrole nitrogens is 1. The van der Waals surface area contributed by atoms with Crippen molar-refractivity contribution < 1.29 is 4.79 Å². The number of aromatic nitrogens is 4. The summed E-state index contributed by atoms with van der Waals surface area (Å²) in [6.07, 6.45) is 7.61. The number of fused-ring (bicyclic) bond motifs is 2. The van der Waals surface area contributed by atoms with Crippen molar-refractivity contribution in [2.24, 2.45) is 5.92 Å². The summed E-state index contributed by atoms with van der Waals surface area (Å²) in [5.74, 6) is 1.40. The molecule has 1 fully saturated rings. The van der Waals surface area contributed by atoms with E-state index in [4.69, 9.17) is 0 Å². The van der Waals surface area contributed by atoms with Crippen LogP contribution in [0.2, 0.25) is 0 Å². The first kappa shape index (κ1) is 23.6. The third-order valence-electron chi connectivity index (χ3n) is 7.90. The summed E-state index contributed by atoms with van der Waals surface area (Å²) in [6.45, 7) is 12.6.